The Kier molecular flexibility index (Phi) is 4.47. The van der Waals surface area contributed by atoms with Crippen LogP contribution in [0.15, 0.2) is 47.8 Å². The highest BCUT2D eigenvalue weighted by Crippen LogP contribution is 2.20. The lowest BCUT2D eigenvalue weighted by Crippen LogP contribution is -2.29. The number of carbonyl (C=O) groups excluding carboxylic acids is 1. The number of aromatic nitrogens is 2. The minimum atomic E-state index is -0.617. The van der Waals surface area contributed by atoms with Crippen LogP contribution in [-0.2, 0) is 20.9 Å². The van der Waals surface area contributed by atoms with Gasteiger partial charge in [-0.05, 0) is 12.0 Å². The van der Waals surface area contributed by atoms with Crippen molar-refractivity contribution >= 4 is 17.4 Å². The van der Waals surface area contributed by atoms with Crippen LogP contribution in [0.5, 0.6) is 0 Å². The average Bonchev–Trinajstić information content (AvgIpc) is 3.38. The van der Waals surface area contributed by atoms with Gasteiger partial charge in [-0.2, -0.15) is 5.10 Å². The highest BCUT2D eigenvalue weighted by molar-refractivity contribution is 6.05. The van der Waals surface area contributed by atoms with E-state index in [1.54, 1.807) is 12.3 Å². The van der Waals surface area contributed by atoms with Crippen LogP contribution >= 0.6 is 0 Å². The van der Waals surface area contributed by atoms with Gasteiger partial charge in [0.25, 0.3) is 5.91 Å². The zero-order valence-corrected chi connectivity index (χ0v) is 13.8. The van der Waals surface area contributed by atoms with Gasteiger partial charge in [0.05, 0.1) is 18.5 Å². The molecule has 1 amide bonds. The minimum absolute atomic E-state index is 0.209. The topological polar surface area (TPSA) is 77.7 Å². The van der Waals surface area contributed by atoms with Gasteiger partial charge in [0.1, 0.15) is 5.82 Å². The van der Waals surface area contributed by atoms with Gasteiger partial charge in [0, 0.05) is 31.6 Å². The molecule has 2 atom stereocenters. The van der Waals surface area contributed by atoms with Crippen molar-refractivity contribution in [1.82, 2.24) is 9.78 Å². The third-order valence-electron chi connectivity index (χ3n) is 4.49. The van der Waals surface area contributed by atoms with Gasteiger partial charge in [-0.3, -0.25) is 4.79 Å². The third-order valence-corrected chi connectivity index (χ3v) is 4.49. The molecule has 3 heterocycles. The number of carbonyl (C=O) groups is 1. The molecule has 7 nitrogen and oxygen atoms in total. The maximum absolute atomic E-state index is 12.5. The largest absolute Gasteiger partial charge is 0.382 e. The van der Waals surface area contributed by atoms with Gasteiger partial charge < -0.3 is 14.9 Å². The van der Waals surface area contributed by atoms with Crippen LogP contribution < -0.4 is 5.32 Å². The van der Waals surface area contributed by atoms with Crippen molar-refractivity contribution in [1.29, 1.82) is 0 Å². The van der Waals surface area contributed by atoms with E-state index in [0.717, 1.165) is 37.5 Å². The zero-order valence-electron chi connectivity index (χ0n) is 13.8. The van der Waals surface area contributed by atoms with Crippen molar-refractivity contribution in [3.63, 3.8) is 0 Å². The number of hydrogen-bond acceptors (Lipinski definition) is 5. The molecule has 2 aromatic rings. The molecule has 2 aliphatic heterocycles. The van der Waals surface area contributed by atoms with E-state index in [-0.39, 0.29) is 5.91 Å². The predicted molar refractivity (Wildman–Crippen MR) is 92.3 cm³/mol. The van der Waals surface area contributed by atoms with Crippen molar-refractivity contribution < 1.29 is 14.4 Å². The molecule has 0 bridgehead atoms. The lowest BCUT2D eigenvalue weighted by molar-refractivity contribution is -0.125. The Labute approximate surface area is 145 Å². The average molecular weight is 340 g/mol. The molecule has 2 aliphatic rings. The van der Waals surface area contributed by atoms with Crippen LogP contribution in [0.25, 0.3) is 0 Å². The van der Waals surface area contributed by atoms with Crippen LogP contribution in [0.4, 0.5) is 5.82 Å². The molecule has 4 rings (SSSR count). The summed E-state index contributed by atoms with van der Waals surface area (Å²) in [6.45, 7) is 2.27. The number of benzene rings is 1. The van der Waals surface area contributed by atoms with Crippen LogP contribution in [-0.4, -0.2) is 40.7 Å². The van der Waals surface area contributed by atoms with Crippen molar-refractivity contribution in [2.45, 2.75) is 25.5 Å². The summed E-state index contributed by atoms with van der Waals surface area (Å²) in [6, 6.07) is 11.5. The maximum Gasteiger partial charge on any atom is 0.269 e. The first-order valence-electron chi connectivity index (χ1n) is 8.48. The van der Waals surface area contributed by atoms with E-state index < -0.39 is 6.10 Å². The molecule has 0 spiro atoms. The second kappa shape index (κ2) is 7.06. The molecule has 0 saturated carbocycles. The standard InChI is InChI=1S/C18H20N4O3/c23-18(16-10-15(21-25-16)14-4-2-1-3-5-14)20-17-6-8-19-22(17)11-13-7-9-24-12-13/h1-6,8,13,16H,7,9-12H2,(H,20,23)/t13-,16-/m1/s1. The number of amides is 1. The van der Waals surface area contributed by atoms with E-state index in [4.69, 9.17) is 9.57 Å². The van der Waals surface area contributed by atoms with Crippen molar-refractivity contribution in [2.24, 2.45) is 11.1 Å². The molecule has 0 aliphatic carbocycles. The lowest BCUT2D eigenvalue weighted by atomic mass is 10.0. The fourth-order valence-corrected chi connectivity index (χ4v) is 3.08. The molecule has 0 radical (unpaired) electrons. The third kappa shape index (κ3) is 3.56. The summed E-state index contributed by atoms with van der Waals surface area (Å²) in [7, 11) is 0. The predicted octanol–water partition coefficient (Wildman–Crippen LogP) is 2.05. The van der Waals surface area contributed by atoms with Crippen molar-refractivity contribution in [2.75, 3.05) is 18.5 Å². The van der Waals surface area contributed by atoms with Gasteiger partial charge in [0.2, 0.25) is 6.10 Å². The Balaban J connectivity index is 1.36. The molecule has 130 valence electrons. The Hall–Kier alpha value is -2.67. The van der Waals surface area contributed by atoms with Crippen LogP contribution in [0, 0.1) is 5.92 Å². The van der Waals surface area contributed by atoms with Crippen LogP contribution in [0.2, 0.25) is 0 Å². The molecule has 1 fully saturated rings. The summed E-state index contributed by atoms with van der Waals surface area (Å²) >= 11 is 0. The molecule has 1 aromatic carbocycles. The normalized spacial score (nSPS) is 22.5. The van der Waals surface area contributed by atoms with E-state index >= 15 is 0 Å². The molecule has 25 heavy (non-hydrogen) atoms. The highest BCUT2D eigenvalue weighted by atomic mass is 16.6. The Morgan fingerprint density at radius 1 is 1.28 bits per heavy atom. The molecule has 1 saturated heterocycles. The quantitative estimate of drug-likeness (QED) is 0.904. The molecule has 1 aromatic heterocycles. The number of ether oxygens (including phenoxy) is 1. The Bertz CT molecular complexity index is 766. The van der Waals surface area contributed by atoms with Crippen molar-refractivity contribution in [3.8, 4) is 0 Å². The van der Waals surface area contributed by atoms with Crippen molar-refractivity contribution in [3.05, 3.63) is 48.2 Å². The molecule has 0 unspecified atom stereocenters. The van der Waals surface area contributed by atoms with E-state index in [0.29, 0.717) is 18.2 Å². The molecule has 1 N–H and O–H groups in total. The summed E-state index contributed by atoms with van der Waals surface area (Å²) in [6.07, 6.45) is 2.55. The second-order valence-corrected chi connectivity index (χ2v) is 6.32. The lowest BCUT2D eigenvalue weighted by Gasteiger charge is -2.13. The number of rotatable bonds is 5. The Morgan fingerprint density at radius 2 is 2.16 bits per heavy atom. The number of hydrogen-bond donors (Lipinski definition) is 1. The van der Waals surface area contributed by atoms with E-state index in [1.165, 1.54) is 0 Å². The first kappa shape index (κ1) is 15.8. The number of oxime groups is 1. The summed E-state index contributed by atoms with van der Waals surface area (Å²) < 4.78 is 7.21. The van der Waals surface area contributed by atoms with Crippen LogP contribution in [0.1, 0.15) is 18.4 Å². The summed E-state index contributed by atoms with van der Waals surface area (Å²) in [5, 5.41) is 11.3. The fraction of sp³-hybridized carbons (Fsp3) is 0.389. The van der Waals surface area contributed by atoms with Gasteiger partial charge in [0.15, 0.2) is 0 Å². The molecular weight excluding hydrogens is 320 g/mol. The van der Waals surface area contributed by atoms with E-state index in [9.17, 15) is 4.79 Å². The van der Waals surface area contributed by atoms with Gasteiger partial charge in [-0.25, -0.2) is 4.68 Å². The first-order valence-corrected chi connectivity index (χ1v) is 8.48. The number of nitrogens with zero attached hydrogens (tertiary/aromatic N) is 3. The van der Waals surface area contributed by atoms with Gasteiger partial charge >= 0.3 is 0 Å². The summed E-state index contributed by atoms with van der Waals surface area (Å²) in [5.74, 6) is 0.902. The number of nitrogens with one attached hydrogen (secondary N) is 1. The molecular formula is C18H20N4O3. The van der Waals surface area contributed by atoms with E-state index in [2.05, 4.69) is 15.6 Å². The smallest absolute Gasteiger partial charge is 0.269 e. The summed E-state index contributed by atoms with van der Waals surface area (Å²) in [4.78, 5) is 17.8. The second-order valence-electron chi connectivity index (χ2n) is 6.32. The number of anilines is 1. The minimum Gasteiger partial charge on any atom is -0.382 e. The SMILES string of the molecule is O=C(Nc1ccnn1C[C@H]1CCOC1)[C@H]1CC(c2ccccc2)=NO1. The van der Waals surface area contributed by atoms with Gasteiger partial charge in [-0.1, -0.05) is 35.5 Å². The highest BCUT2D eigenvalue weighted by Gasteiger charge is 2.29. The molecule has 7 heteroatoms. The first-order chi connectivity index (χ1) is 12.3. The van der Waals surface area contributed by atoms with Crippen LogP contribution in [0.3, 0.4) is 0 Å². The Morgan fingerprint density at radius 3 is 2.96 bits per heavy atom. The zero-order chi connectivity index (χ0) is 17.1. The fourth-order valence-electron chi connectivity index (χ4n) is 3.08. The summed E-state index contributed by atoms with van der Waals surface area (Å²) in [5.41, 5.74) is 1.77. The van der Waals surface area contributed by atoms with Gasteiger partial charge in [-0.15, -0.1) is 0 Å². The van der Waals surface area contributed by atoms with E-state index in [1.807, 2.05) is 35.0 Å². The maximum atomic E-state index is 12.5. The monoisotopic (exact) mass is 340 g/mol.